The van der Waals surface area contributed by atoms with E-state index < -0.39 is 17.2 Å². The predicted octanol–water partition coefficient (Wildman–Crippen LogP) is 4.99. The molecule has 2 rings (SSSR count). The second-order valence-electron chi connectivity index (χ2n) is 7.69. The summed E-state index contributed by atoms with van der Waals surface area (Å²) in [5, 5.41) is 16.8. The highest BCUT2D eigenvalue weighted by atomic mass is 35.5. The topological polar surface area (TPSA) is 60.2 Å². The van der Waals surface area contributed by atoms with Gasteiger partial charge in [-0.15, -0.1) is 0 Å². The molecule has 2 unspecified atom stereocenters. The van der Waals surface area contributed by atoms with Crippen molar-refractivity contribution in [1.29, 1.82) is 0 Å². The van der Waals surface area contributed by atoms with E-state index in [2.05, 4.69) is 23.9 Å². The lowest BCUT2D eigenvalue weighted by Crippen LogP contribution is -2.53. The van der Waals surface area contributed by atoms with Gasteiger partial charge >= 0.3 is 0 Å². The van der Waals surface area contributed by atoms with Crippen molar-refractivity contribution in [3.05, 3.63) is 40.9 Å². The summed E-state index contributed by atoms with van der Waals surface area (Å²) in [5.41, 5.74) is -1.69. The Morgan fingerprint density at radius 1 is 1.24 bits per heavy atom. The quantitative estimate of drug-likeness (QED) is 0.760. The van der Waals surface area contributed by atoms with Crippen LogP contribution in [0.25, 0.3) is 0 Å². The molecule has 0 amide bonds. The predicted molar refractivity (Wildman–Crippen MR) is 100 cm³/mol. The van der Waals surface area contributed by atoms with Gasteiger partial charge in [0.05, 0.1) is 5.02 Å². The van der Waals surface area contributed by atoms with Gasteiger partial charge in [0, 0.05) is 5.02 Å². The molecule has 138 valence electrons. The van der Waals surface area contributed by atoms with Crippen LogP contribution in [0.4, 0.5) is 0 Å². The minimum absolute atomic E-state index is 0.250. The lowest BCUT2D eigenvalue weighted by atomic mass is 9.71. The molecule has 2 aromatic rings. The van der Waals surface area contributed by atoms with E-state index >= 15 is 0 Å². The Morgan fingerprint density at radius 3 is 2.40 bits per heavy atom. The summed E-state index contributed by atoms with van der Waals surface area (Å²) >= 11 is 12.2. The van der Waals surface area contributed by atoms with E-state index in [0.717, 1.165) is 0 Å². The lowest BCUT2D eigenvalue weighted by Gasteiger charge is -2.46. The van der Waals surface area contributed by atoms with Crippen LogP contribution in [0, 0.1) is 11.3 Å². The van der Waals surface area contributed by atoms with Gasteiger partial charge < -0.3 is 9.84 Å². The van der Waals surface area contributed by atoms with Gasteiger partial charge in [-0.05, 0) is 36.0 Å². The van der Waals surface area contributed by atoms with Crippen molar-refractivity contribution in [3.8, 4) is 5.75 Å². The summed E-state index contributed by atoms with van der Waals surface area (Å²) < 4.78 is 7.68. The van der Waals surface area contributed by atoms with E-state index in [4.69, 9.17) is 27.9 Å². The number of halogens is 2. The smallest absolute Gasteiger partial charge is 0.222 e. The molecule has 0 spiro atoms. The lowest BCUT2D eigenvalue weighted by molar-refractivity contribution is -0.175. The summed E-state index contributed by atoms with van der Waals surface area (Å²) in [4.78, 5) is 4.00. The van der Waals surface area contributed by atoms with Gasteiger partial charge in [0.2, 0.25) is 6.23 Å². The van der Waals surface area contributed by atoms with Gasteiger partial charge in [-0.2, -0.15) is 5.10 Å². The summed E-state index contributed by atoms with van der Waals surface area (Å²) in [6.45, 7) is 10.1. The average Bonchev–Trinajstić information content (AvgIpc) is 2.98. The highest BCUT2D eigenvalue weighted by molar-refractivity contribution is 6.35. The number of benzene rings is 1. The number of aliphatic hydroxyl groups is 1. The molecule has 0 aliphatic rings. The molecule has 1 aromatic carbocycles. The van der Waals surface area contributed by atoms with Crippen LogP contribution in [0.5, 0.6) is 5.75 Å². The molecular formula is C18H25Cl2N3O2. The molecule has 0 fully saturated rings. The van der Waals surface area contributed by atoms with E-state index in [1.807, 2.05) is 20.8 Å². The molecule has 5 nitrogen and oxygen atoms in total. The number of nitrogens with zero attached hydrogens (tertiary/aromatic N) is 3. The SMILES string of the molecule is CC(C)CC(O)(C(Oc1ccc(Cl)cc1Cl)n1cncn1)C(C)(C)C. The second kappa shape index (κ2) is 7.52. The third-order valence-electron chi connectivity index (χ3n) is 4.24. The first-order valence-electron chi connectivity index (χ1n) is 8.23. The Labute approximate surface area is 158 Å². The molecule has 0 aliphatic heterocycles. The minimum atomic E-state index is -1.21. The first-order chi connectivity index (χ1) is 11.5. The third kappa shape index (κ3) is 4.46. The van der Waals surface area contributed by atoms with E-state index in [9.17, 15) is 5.11 Å². The first-order valence-corrected chi connectivity index (χ1v) is 8.98. The third-order valence-corrected chi connectivity index (χ3v) is 4.77. The molecule has 0 saturated heterocycles. The summed E-state index contributed by atoms with van der Waals surface area (Å²) in [7, 11) is 0. The van der Waals surface area contributed by atoms with Crippen LogP contribution in [-0.2, 0) is 0 Å². The summed E-state index contributed by atoms with van der Waals surface area (Å²) in [6.07, 6.45) is 2.67. The zero-order chi connectivity index (χ0) is 18.8. The monoisotopic (exact) mass is 385 g/mol. The Morgan fingerprint density at radius 2 is 1.92 bits per heavy atom. The highest BCUT2D eigenvalue weighted by Crippen LogP contribution is 2.45. The number of hydrogen-bond acceptors (Lipinski definition) is 4. The fourth-order valence-electron chi connectivity index (χ4n) is 2.80. The van der Waals surface area contributed by atoms with Gasteiger partial charge in [-0.1, -0.05) is 57.8 Å². The maximum absolute atomic E-state index is 11.7. The number of hydrogen-bond donors (Lipinski definition) is 1. The van der Waals surface area contributed by atoms with Crippen molar-refractivity contribution < 1.29 is 9.84 Å². The summed E-state index contributed by atoms with van der Waals surface area (Å²) in [6, 6.07) is 4.99. The Hall–Kier alpha value is -1.30. The molecule has 1 N–H and O–H groups in total. The molecule has 0 saturated carbocycles. The molecule has 0 aliphatic carbocycles. The standard InChI is InChI=1S/C18H25Cl2N3O2/c1-12(2)9-18(24,17(3,4)5)16(23-11-21-10-22-23)25-15-7-6-13(19)8-14(15)20/h6-8,10-12,16,24H,9H2,1-5H3. The zero-order valence-corrected chi connectivity index (χ0v) is 16.7. The van der Waals surface area contributed by atoms with Gasteiger partial charge in [0.1, 0.15) is 24.0 Å². The van der Waals surface area contributed by atoms with Crippen LogP contribution < -0.4 is 4.74 Å². The largest absolute Gasteiger partial charge is 0.464 e. The van der Waals surface area contributed by atoms with Crippen molar-refractivity contribution in [2.24, 2.45) is 11.3 Å². The van der Waals surface area contributed by atoms with Crippen molar-refractivity contribution in [3.63, 3.8) is 0 Å². The number of ether oxygens (including phenoxy) is 1. The molecule has 1 aromatic heterocycles. The molecule has 1 heterocycles. The Bertz CT molecular complexity index is 699. The number of aromatic nitrogens is 3. The van der Waals surface area contributed by atoms with E-state index in [1.54, 1.807) is 18.2 Å². The van der Waals surface area contributed by atoms with E-state index in [0.29, 0.717) is 22.2 Å². The molecule has 0 bridgehead atoms. The normalized spacial score (nSPS) is 15.9. The maximum atomic E-state index is 11.7. The Kier molecular flexibility index (Phi) is 6.02. The fraction of sp³-hybridized carbons (Fsp3) is 0.556. The van der Waals surface area contributed by atoms with Crippen LogP contribution in [0.1, 0.15) is 47.3 Å². The van der Waals surface area contributed by atoms with Crippen LogP contribution in [0.2, 0.25) is 10.0 Å². The van der Waals surface area contributed by atoms with Crippen LogP contribution in [0.15, 0.2) is 30.9 Å². The van der Waals surface area contributed by atoms with E-state index in [-0.39, 0.29) is 5.92 Å². The van der Waals surface area contributed by atoms with Crippen molar-refractivity contribution in [2.75, 3.05) is 0 Å². The summed E-state index contributed by atoms with van der Waals surface area (Å²) in [5.74, 6) is 0.678. The maximum Gasteiger partial charge on any atom is 0.222 e. The number of rotatable bonds is 6. The Balaban J connectivity index is 2.51. The molecule has 2 atom stereocenters. The average molecular weight is 386 g/mol. The minimum Gasteiger partial charge on any atom is -0.464 e. The van der Waals surface area contributed by atoms with Crippen LogP contribution in [-0.4, -0.2) is 25.5 Å². The van der Waals surface area contributed by atoms with Crippen LogP contribution in [0.3, 0.4) is 0 Å². The van der Waals surface area contributed by atoms with Gasteiger partial charge in [-0.3, -0.25) is 0 Å². The van der Waals surface area contributed by atoms with Crippen molar-refractivity contribution in [2.45, 2.75) is 52.9 Å². The van der Waals surface area contributed by atoms with Gasteiger partial charge in [0.15, 0.2) is 0 Å². The fourth-order valence-corrected chi connectivity index (χ4v) is 3.25. The van der Waals surface area contributed by atoms with Crippen molar-refractivity contribution >= 4 is 23.2 Å². The molecule has 7 heteroatoms. The molecule has 25 heavy (non-hydrogen) atoms. The van der Waals surface area contributed by atoms with E-state index in [1.165, 1.54) is 17.3 Å². The molecular weight excluding hydrogens is 361 g/mol. The van der Waals surface area contributed by atoms with Crippen molar-refractivity contribution in [1.82, 2.24) is 14.8 Å². The first kappa shape index (κ1) is 20.0. The van der Waals surface area contributed by atoms with Gasteiger partial charge in [-0.25, -0.2) is 9.67 Å². The molecule has 0 radical (unpaired) electrons. The van der Waals surface area contributed by atoms with Crippen LogP contribution >= 0.6 is 23.2 Å². The highest BCUT2D eigenvalue weighted by Gasteiger charge is 2.50. The zero-order valence-electron chi connectivity index (χ0n) is 15.2. The van der Waals surface area contributed by atoms with Gasteiger partial charge in [0.25, 0.3) is 0 Å². The second-order valence-corrected chi connectivity index (χ2v) is 8.54.